The summed E-state index contributed by atoms with van der Waals surface area (Å²) in [5, 5.41) is 11.7. The zero-order chi connectivity index (χ0) is 26.2. The first-order valence-electron chi connectivity index (χ1n) is 12.3. The molecule has 4 heterocycles. The molecule has 0 spiro atoms. The third-order valence-electron chi connectivity index (χ3n) is 6.38. The zero-order valence-electron chi connectivity index (χ0n) is 21.8. The molecule has 4 aromatic rings. The summed E-state index contributed by atoms with van der Waals surface area (Å²) in [7, 11) is 2.11. The molecule has 37 heavy (non-hydrogen) atoms. The van der Waals surface area contributed by atoms with Gasteiger partial charge in [-0.05, 0) is 37.2 Å². The highest BCUT2D eigenvalue weighted by atomic mass is 32.1. The van der Waals surface area contributed by atoms with Gasteiger partial charge in [-0.15, -0.1) is 11.3 Å². The van der Waals surface area contributed by atoms with E-state index in [0.29, 0.717) is 23.4 Å². The first kappa shape index (κ1) is 25.0. The van der Waals surface area contributed by atoms with Crippen molar-refractivity contribution in [3.05, 3.63) is 70.1 Å². The van der Waals surface area contributed by atoms with Crippen LogP contribution >= 0.6 is 11.3 Å². The lowest BCUT2D eigenvalue weighted by molar-refractivity contribution is 0.0954. The molecule has 1 amide bonds. The predicted octanol–water partition coefficient (Wildman–Crippen LogP) is 4.56. The quantitative estimate of drug-likeness (QED) is 0.371. The Morgan fingerprint density at radius 3 is 2.68 bits per heavy atom. The first-order chi connectivity index (χ1) is 17.7. The van der Waals surface area contributed by atoms with Crippen LogP contribution in [0.25, 0.3) is 11.3 Å². The maximum atomic E-state index is 12.6. The summed E-state index contributed by atoms with van der Waals surface area (Å²) in [5.74, 6) is 0.423. The molecule has 2 N–H and O–H groups in total. The lowest BCUT2D eigenvalue weighted by Gasteiger charge is -2.36. The third kappa shape index (κ3) is 5.70. The number of carbonyl (C=O) groups is 1. The molecule has 0 atom stereocenters. The Hall–Kier alpha value is -3.63. The minimum atomic E-state index is -0.101. The molecule has 1 fully saturated rings. The van der Waals surface area contributed by atoms with E-state index in [2.05, 4.69) is 64.5 Å². The van der Waals surface area contributed by atoms with Crippen molar-refractivity contribution in [2.75, 3.05) is 25.5 Å². The molecule has 1 aliphatic rings. The first-order valence-corrected chi connectivity index (χ1v) is 13.1. The number of aromatic nitrogens is 5. The Balaban J connectivity index is 1.22. The molecule has 0 saturated carbocycles. The molecule has 0 radical (unpaired) electrons. The van der Waals surface area contributed by atoms with E-state index < -0.39 is 0 Å². The lowest BCUT2D eigenvalue weighted by Crippen LogP contribution is -2.45. The van der Waals surface area contributed by atoms with Crippen LogP contribution in [0.15, 0.2) is 49.1 Å². The van der Waals surface area contributed by atoms with Crippen molar-refractivity contribution in [2.24, 2.45) is 0 Å². The van der Waals surface area contributed by atoms with Gasteiger partial charge in [0, 0.05) is 43.0 Å². The van der Waals surface area contributed by atoms with Gasteiger partial charge < -0.3 is 15.5 Å². The second kappa shape index (κ2) is 10.0. The van der Waals surface area contributed by atoms with Gasteiger partial charge in [0.2, 0.25) is 5.95 Å². The standard InChI is InChI=1S/C27H32N8OS/c1-17-10-18(6-7-19(17)11-29-24(36)23-13-30-25(37-23)27(2,3)4)22-8-9-28-26(33-22)32-20-12-31-35(14-20)21-15-34(5)16-21/h6-10,12-14,21H,11,15-16H2,1-5H3,(H,29,36)(H,28,32,33). The maximum Gasteiger partial charge on any atom is 0.263 e. The molecule has 1 aromatic carbocycles. The van der Waals surface area contributed by atoms with Crippen LogP contribution in [-0.2, 0) is 12.0 Å². The van der Waals surface area contributed by atoms with E-state index in [1.165, 1.54) is 11.3 Å². The van der Waals surface area contributed by atoms with E-state index in [-0.39, 0.29) is 11.3 Å². The summed E-state index contributed by atoms with van der Waals surface area (Å²) in [6, 6.07) is 8.46. The number of benzene rings is 1. The van der Waals surface area contributed by atoms with Crippen molar-refractivity contribution in [2.45, 2.75) is 45.7 Å². The summed E-state index contributed by atoms with van der Waals surface area (Å²) < 4.78 is 1.99. The number of anilines is 2. The summed E-state index contributed by atoms with van der Waals surface area (Å²) in [4.78, 5) is 29.0. The maximum absolute atomic E-state index is 12.6. The van der Waals surface area contributed by atoms with Crippen LogP contribution in [0.5, 0.6) is 0 Å². The SMILES string of the molecule is Cc1cc(-c2ccnc(Nc3cnn(C4CN(C)C4)c3)n2)ccc1CNC(=O)c1cnc(C(C)(C)C)s1. The second-order valence-electron chi connectivity index (χ2n) is 10.6. The lowest BCUT2D eigenvalue weighted by atomic mass is 9.98. The Morgan fingerprint density at radius 2 is 1.97 bits per heavy atom. The molecule has 0 bridgehead atoms. The van der Waals surface area contributed by atoms with Crippen LogP contribution in [0, 0.1) is 6.92 Å². The third-order valence-corrected chi connectivity index (χ3v) is 7.80. The molecule has 3 aromatic heterocycles. The van der Waals surface area contributed by atoms with Crippen molar-refractivity contribution < 1.29 is 4.79 Å². The molecule has 192 valence electrons. The monoisotopic (exact) mass is 516 g/mol. The van der Waals surface area contributed by atoms with Crippen LogP contribution in [0.2, 0.25) is 0 Å². The van der Waals surface area contributed by atoms with Crippen LogP contribution in [0.1, 0.15) is 52.6 Å². The normalized spacial score (nSPS) is 14.4. The predicted molar refractivity (Wildman–Crippen MR) is 146 cm³/mol. The fourth-order valence-corrected chi connectivity index (χ4v) is 5.08. The van der Waals surface area contributed by atoms with Crippen LogP contribution in [0.3, 0.4) is 0 Å². The number of hydrogen-bond donors (Lipinski definition) is 2. The average molecular weight is 517 g/mol. The molecular formula is C27H32N8OS. The fraction of sp³-hybridized carbons (Fsp3) is 0.370. The molecule has 1 saturated heterocycles. The zero-order valence-corrected chi connectivity index (χ0v) is 22.6. The van der Waals surface area contributed by atoms with Gasteiger partial charge >= 0.3 is 0 Å². The number of nitrogens with one attached hydrogen (secondary N) is 2. The van der Waals surface area contributed by atoms with Gasteiger partial charge in [0.25, 0.3) is 5.91 Å². The number of nitrogens with zero attached hydrogens (tertiary/aromatic N) is 6. The Morgan fingerprint density at radius 1 is 1.16 bits per heavy atom. The Labute approximate surface area is 221 Å². The summed E-state index contributed by atoms with van der Waals surface area (Å²) >= 11 is 1.45. The highest BCUT2D eigenvalue weighted by molar-refractivity contribution is 7.13. The van der Waals surface area contributed by atoms with Gasteiger partial charge in [0.15, 0.2) is 0 Å². The topological polar surface area (TPSA) is 101 Å². The minimum absolute atomic E-state index is 0.0682. The van der Waals surface area contributed by atoms with E-state index in [1.807, 2.05) is 36.0 Å². The van der Waals surface area contributed by atoms with E-state index in [9.17, 15) is 4.79 Å². The molecule has 9 nitrogen and oxygen atoms in total. The van der Waals surface area contributed by atoms with Crippen molar-refractivity contribution in [3.63, 3.8) is 0 Å². The average Bonchev–Trinajstić information content (AvgIpc) is 3.51. The van der Waals surface area contributed by atoms with Gasteiger partial charge in [0.05, 0.1) is 34.8 Å². The van der Waals surface area contributed by atoms with E-state index in [0.717, 1.165) is 46.2 Å². The summed E-state index contributed by atoms with van der Waals surface area (Å²) in [6.45, 7) is 10.8. The van der Waals surface area contributed by atoms with E-state index in [1.54, 1.807) is 18.6 Å². The van der Waals surface area contributed by atoms with Crippen LogP contribution in [0.4, 0.5) is 11.6 Å². The number of likely N-dealkylation sites (tertiary alicyclic amines) is 1. The number of rotatable bonds is 7. The van der Waals surface area contributed by atoms with E-state index >= 15 is 0 Å². The number of thiazole rings is 1. The smallest absolute Gasteiger partial charge is 0.263 e. The van der Waals surface area contributed by atoms with E-state index in [4.69, 9.17) is 4.98 Å². The molecule has 5 rings (SSSR count). The van der Waals surface area contributed by atoms with Crippen molar-refractivity contribution >= 4 is 28.9 Å². The Kier molecular flexibility index (Phi) is 6.78. The molecule has 1 aliphatic heterocycles. The van der Waals surface area contributed by atoms with Crippen molar-refractivity contribution in [3.8, 4) is 11.3 Å². The fourth-order valence-electron chi connectivity index (χ4n) is 4.19. The largest absolute Gasteiger partial charge is 0.347 e. The minimum Gasteiger partial charge on any atom is -0.347 e. The Bertz CT molecular complexity index is 1410. The number of hydrogen-bond acceptors (Lipinski definition) is 8. The molecule has 0 aliphatic carbocycles. The van der Waals surface area contributed by atoms with Gasteiger partial charge in [-0.3, -0.25) is 9.48 Å². The number of likely N-dealkylation sites (N-methyl/N-ethyl adjacent to an activating group) is 1. The van der Waals surface area contributed by atoms with Crippen LogP contribution < -0.4 is 10.6 Å². The molecule has 10 heteroatoms. The number of carbonyl (C=O) groups excluding carboxylic acids is 1. The number of aryl methyl sites for hydroxylation is 1. The summed E-state index contributed by atoms with van der Waals surface area (Å²) in [6.07, 6.45) is 7.21. The van der Waals surface area contributed by atoms with Crippen molar-refractivity contribution in [1.82, 2.24) is 34.9 Å². The highest BCUT2D eigenvalue weighted by Crippen LogP contribution is 2.27. The molecular weight excluding hydrogens is 484 g/mol. The molecule has 0 unspecified atom stereocenters. The van der Waals surface area contributed by atoms with Crippen molar-refractivity contribution in [1.29, 1.82) is 0 Å². The second-order valence-corrected chi connectivity index (χ2v) is 11.6. The number of amides is 1. The highest BCUT2D eigenvalue weighted by Gasteiger charge is 2.25. The van der Waals surface area contributed by atoms with Gasteiger partial charge in [-0.25, -0.2) is 15.0 Å². The van der Waals surface area contributed by atoms with Crippen LogP contribution in [-0.4, -0.2) is 55.7 Å². The summed E-state index contributed by atoms with van der Waals surface area (Å²) in [5.41, 5.74) is 4.74. The van der Waals surface area contributed by atoms with Gasteiger partial charge in [0.1, 0.15) is 4.88 Å². The van der Waals surface area contributed by atoms with Gasteiger partial charge in [-0.2, -0.15) is 5.10 Å². The van der Waals surface area contributed by atoms with Gasteiger partial charge in [-0.1, -0.05) is 32.9 Å².